The summed E-state index contributed by atoms with van der Waals surface area (Å²) < 4.78 is 22.6. The van der Waals surface area contributed by atoms with E-state index in [1.807, 2.05) is 48.5 Å². The number of hydrogen-bond acceptors (Lipinski definition) is 3. The van der Waals surface area contributed by atoms with Crippen molar-refractivity contribution >= 4 is 51.4 Å². The number of hydrogen-bond donors (Lipinski definition) is 2. The highest BCUT2D eigenvalue weighted by Gasteiger charge is 2.05. The molecular formula is C18H23ClIN3O2S. The van der Waals surface area contributed by atoms with Crippen LogP contribution in [0.25, 0.3) is 0 Å². The number of sulfone groups is 1. The molecule has 0 aliphatic heterocycles. The van der Waals surface area contributed by atoms with Gasteiger partial charge in [0.25, 0.3) is 0 Å². The zero-order valence-electron chi connectivity index (χ0n) is 14.7. The topological polar surface area (TPSA) is 70.6 Å². The lowest BCUT2D eigenvalue weighted by Crippen LogP contribution is -2.36. The maximum Gasteiger partial charge on any atom is 0.191 e. The Kier molecular flexibility index (Phi) is 9.38. The molecule has 2 aromatic rings. The summed E-state index contributed by atoms with van der Waals surface area (Å²) >= 11 is 6.14. The first kappa shape index (κ1) is 22.7. The van der Waals surface area contributed by atoms with Crippen LogP contribution in [0.2, 0.25) is 5.02 Å². The molecule has 2 aromatic carbocycles. The number of nitrogens with zero attached hydrogens (tertiary/aromatic N) is 1. The van der Waals surface area contributed by atoms with E-state index in [9.17, 15) is 8.42 Å². The van der Waals surface area contributed by atoms with Gasteiger partial charge in [-0.2, -0.15) is 0 Å². The van der Waals surface area contributed by atoms with E-state index >= 15 is 0 Å². The van der Waals surface area contributed by atoms with E-state index in [1.165, 1.54) is 6.26 Å². The third-order valence-corrected chi connectivity index (χ3v) is 4.77. The maximum absolute atomic E-state index is 11.3. The molecule has 0 bridgehead atoms. The first-order chi connectivity index (χ1) is 11.9. The molecule has 5 nitrogen and oxygen atoms in total. The molecule has 8 heteroatoms. The minimum Gasteiger partial charge on any atom is -0.352 e. The van der Waals surface area contributed by atoms with E-state index in [4.69, 9.17) is 11.6 Å². The summed E-state index contributed by atoms with van der Waals surface area (Å²) in [5.41, 5.74) is 2.82. The molecule has 0 heterocycles. The molecule has 2 N–H and O–H groups in total. The molecule has 0 aromatic heterocycles. The summed E-state index contributed by atoms with van der Waals surface area (Å²) in [5, 5.41) is 7.15. The van der Waals surface area contributed by atoms with Crippen molar-refractivity contribution in [3.05, 3.63) is 70.2 Å². The fourth-order valence-electron chi connectivity index (χ4n) is 2.28. The molecule has 0 aliphatic carbocycles. The third-order valence-electron chi connectivity index (χ3n) is 3.54. The van der Waals surface area contributed by atoms with Gasteiger partial charge in [-0.15, -0.1) is 24.0 Å². The fraction of sp³-hybridized carbons (Fsp3) is 0.278. The van der Waals surface area contributed by atoms with Crippen molar-refractivity contribution in [1.29, 1.82) is 0 Å². The molecule has 26 heavy (non-hydrogen) atoms. The van der Waals surface area contributed by atoms with Gasteiger partial charge in [-0.05, 0) is 22.8 Å². The van der Waals surface area contributed by atoms with Crippen LogP contribution in [0.5, 0.6) is 0 Å². The molecule has 0 saturated carbocycles. The standard InChI is InChI=1S/C18H22ClN3O2S.HI/c1-20-18(22-12-16-5-3-4-6-17(16)19)21-11-14-7-9-15(10-8-14)13-25(2,23)24;/h3-10H,11-13H2,1-2H3,(H2,20,21,22);1H. The minimum atomic E-state index is -3.01. The summed E-state index contributed by atoms with van der Waals surface area (Å²) in [4.78, 5) is 4.19. The smallest absolute Gasteiger partial charge is 0.191 e. The maximum atomic E-state index is 11.3. The van der Waals surface area contributed by atoms with Gasteiger partial charge >= 0.3 is 0 Å². The summed E-state index contributed by atoms with van der Waals surface area (Å²) in [7, 11) is -1.31. The Bertz CT molecular complexity index is 840. The number of halogens is 2. The zero-order chi connectivity index (χ0) is 18.3. The Balaban J connectivity index is 0.00000338. The second kappa shape index (κ2) is 10.7. The second-order valence-electron chi connectivity index (χ2n) is 5.76. The van der Waals surface area contributed by atoms with Gasteiger partial charge in [-0.3, -0.25) is 4.99 Å². The lowest BCUT2D eigenvalue weighted by Gasteiger charge is -2.13. The van der Waals surface area contributed by atoms with Crippen LogP contribution in [0.4, 0.5) is 0 Å². The Morgan fingerprint density at radius 3 is 2.15 bits per heavy atom. The fourth-order valence-corrected chi connectivity index (χ4v) is 3.28. The van der Waals surface area contributed by atoms with Crippen molar-refractivity contribution in [3.8, 4) is 0 Å². The van der Waals surface area contributed by atoms with Gasteiger partial charge in [-0.1, -0.05) is 54.1 Å². The van der Waals surface area contributed by atoms with Crippen molar-refractivity contribution in [1.82, 2.24) is 10.6 Å². The quantitative estimate of drug-likeness (QED) is 0.357. The number of benzene rings is 2. The summed E-state index contributed by atoms with van der Waals surface area (Å²) in [6.07, 6.45) is 1.23. The van der Waals surface area contributed by atoms with E-state index < -0.39 is 9.84 Å². The van der Waals surface area contributed by atoms with E-state index in [1.54, 1.807) is 7.05 Å². The Morgan fingerprint density at radius 1 is 1.00 bits per heavy atom. The van der Waals surface area contributed by atoms with E-state index in [0.29, 0.717) is 24.1 Å². The highest BCUT2D eigenvalue weighted by molar-refractivity contribution is 14.0. The Labute approximate surface area is 177 Å². The predicted octanol–water partition coefficient (Wildman–Crippen LogP) is 3.37. The molecule has 142 valence electrons. The molecule has 0 aliphatic rings. The monoisotopic (exact) mass is 507 g/mol. The van der Waals surface area contributed by atoms with Crippen LogP contribution < -0.4 is 10.6 Å². The molecule has 0 radical (unpaired) electrons. The lowest BCUT2D eigenvalue weighted by atomic mass is 10.1. The minimum absolute atomic E-state index is 0. The van der Waals surface area contributed by atoms with Gasteiger partial charge in [-0.25, -0.2) is 8.42 Å². The predicted molar refractivity (Wildman–Crippen MR) is 119 cm³/mol. The number of rotatable bonds is 6. The highest BCUT2D eigenvalue weighted by atomic mass is 127. The molecule has 0 amide bonds. The van der Waals surface area contributed by atoms with Crippen molar-refractivity contribution in [2.45, 2.75) is 18.8 Å². The van der Waals surface area contributed by atoms with Crippen LogP contribution in [0.15, 0.2) is 53.5 Å². The number of nitrogens with one attached hydrogen (secondary N) is 2. The van der Waals surface area contributed by atoms with Crippen LogP contribution in [0, 0.1) is 0 Å². The van der Waals surface area contributed by atoms with Gasteiger partial charge in [0, 0.05) is 31.4 Å². The summed E-state index contributed by atoms with van der Waals surface area (Å²) in [6.45, 7) is 1.16. The van der Waals surface area contributed by atoms with Gasteiger partial charge in [0.15, 0.2) is 15.8 Å². The summed E-state index contributed by atoms with van der Waals surface area (Å²) in [6, 6.07) is 15.1. The normalized spacial score (nSPS) is 11.6. The Hall–Kier alpha value is -1.32. The van der Waals surface area contributed by atoms with Crippen LogP contribution >= 0.6 is 35.6 Å². The average Bonchev–Trinajstić information content (AvgIpc) is 2.56. The summed E-state index contributed by atoms with van der Waals surface area (Å²) in [5.74, 6) is 0.724. The molecule has 0 fully saturated rings. The number of aliphatic imine (C=N–C) groups is 1. The van der Waals surface area contributed by atoms with Crippen LogP contribution in [0.3, 0.4) is 0 Å². The molecule has 0 spiro atoms. The van der Waals surface area contributed by atoms with Crippen LogP contribution in [-0.4, -0.2) is 27.7 Å². The van der Waals surface area contributed by atoms with Crippen LogP contribution in [-0.2, 0) is 28.7 Å². The number of guanidine groups is 1. The Morgan fingerprint density at radius 2 is 1.58 bits per heavy atom. The molecule has 0 atom stereocenters. The van der Waals surface area contributed by atoms with E-state index in [0.717, 1.165) is 16.7 Å². The van der Waals surface area contributed by atoms with Gasteiger partial charge < -0.3 is 10.6 Å². The lowest BCUT2D eigenvalue weighted by molar-refractivity contribution is 0.601. The first-order valence-corrected chi connectivity index (χ1v) is 10.2. The SMILES string of the molecule is CN=C(NCc1ccc(CS(C)(=O)=O)cc1)NCc1ccccc1Cl.I. The van der Waals surface area contributed by atoms with Gasteiger partial charge in [0.05, 0.1) is 5.75 Å². The second-order valence-corrected chi connectivity index (χ2v) is 8.30. The van der Waals surface area contributed by atoms with E-state index in [-0.39, 0.29) is 29.7 Å². The van der Waals surface area contributed by atoms with Crippen LogP contribution in [0.1, 0.15) is 16.7 Å². The molecule has 0 unspecified atom stereocenters. The zero-order valence-corrected chi connectivity index (χ0v) is 18.6. The highest BCUT2D eigenvalue weighted by Crippen LogP contribution is 2.14. The van der Waals surface area contributed by atoms with Gasteiger partial charge in [0.1, 0.15) is 0 Å². The van der Waals surface area contributed by atoms with Gasteiger partial charge in [0.2, 0.25) is 0 Å². The molecular weight excluding hydrogens is 485 g/mol. The van der Waals surface area contributed by atoms with Crippen molar-refractivity contribution < 1.29 is 8.42 Å². The van der Waals surface area contributed by atoms with Crippen molar-refractivity contribution in [3.63, 3.8) is 0 Å². The van der Waals surface area contributed by atoms with E-state index in [2.05, 4.69) is 15.6 Å². The largest absolute Gasteiger partial charge is 0.352 e. The van der Waals surface area contributed by atoms with Crippen molar-refractivity contribution in [2.75, 3.05) is 13.3 Å². The first-order valence-electron chi connectivity index (χ1n) is 7.81. The van der Waals surface area contributed by atoms with Crippen molar-refractivity contribution in [2.24, 2.45) is 4.99 Å². The molecule has 2 rings (SSSR count). The molecule has 0 saturated heterocycles. The average molecular weight is 508 g/mol. The third kappa shape index (κ3) is 7.92.